The maximum absolute atomic E-state index is 12.4. The molecule has 2 saturated carbocycles. The minimum atomic E-state index is -1.67. The van der Waals surface area contributed by atoms with Crippen molar-refractivity contribution in [3.8, 4) is 0 Å². The smallest absolute Gasteiger partial charge is 0.240 e. The van der Waals surface area contributed by atoms with Gasteiger partial charge in [-0.25, -0.2) is 4.21 Å². The van der Waals surface area contributed by atoms with Gasteiger partial charge in [0.15, 0.2) is 0 Å². The normalized spacial score (nSPS) is 35.6. The highest BCUT2D eigenvalue weighted by Crippen LogP contribution is 2.29. The Morgan fingerprint density at radius 2 is 1.81 bits per heavy atom. The van der Waals surface area contributed by atoms with E-state index in [1.54, 1.807) is 11.4 Å². The third-order valence-electron chi connectivity index (χ3n) is 4.49. The topological polar surface area (TPSA) is 72.7 Å². The molecule has 2 rings (SSSR count). The first-order valence-electron chi connectivity index (χ1n) is 7.60. The summed E-state index contributed by atoms with van der Waals surface area (Å²) in [6, 6.07) is -0.729. The van der Waals surface area contributed by atoms with E-state index in [0.29, 0.717) is 12.8 Å². The first-order chi connectivity index (χ1) is 10.0. The molecule has 21 heavy (non-hydrogen) atoms. The van der Waals surface area contributed by atoms with Gasteiger partial charge in [0.05, 0.1) is 5.38 Å². The predicted molar refractivity (Wildman–Crippen MR) is 81.9 cm³/mol. The second-order valence-corrected chi connectivity index (χ2v) is 7.67. The summed E-state index contributed by atoms with van der Waals surface area (Å²) in [7, 11) is 1.73. The largest absolute Gasteiger partial charge is 0.267 e. The van der Waals surface area contributed by atoms with Gasteiger partial charge in [-0.15, -0.1) is 11.6 Å². The van der Waals surface area contributed by atoms with Crippen LogP contribution in [-0.4, -0.2) is 44.0 Å². The molecule has 2 aliphatic carbocycles. The first-order valence-corrected chi connectivity index (χ1v) is 9.07. The third kappa shape index (κ3) is 4.37. The fraction of sp³-hybridized carbons (Fsp3) is 1.00. The van der Waals surface area contributed by atoms with Gasteiger partial charge < -0.3 is 0 Å². The van der Waals surface area contributed by atoms with Crippen molar-refractivity contribution in [1.29, 1.82) is 0 Å². The lowest BCUT2D eigenvalue weighted by Crippen LogP contribution is -2.45. The van der Waals surface area contributed by atoms with Crippen LogP contribution in [0.15, 0.2) is 0 Å². The molecular formula is C13H23ClN2O4S. The molecule has 0 aromatic heterocycles. The first kappa shape index (κ1) is 17.1. The number of nitro groups is 1. The molecule has 0 amide bonds. The van der Waals surface area contributed by atoms with E-state index in [1.807, 2.05) is 0 Å². The molecule has 2 aliphatic rings. The van der Waals surface area contributed by atoms with E-state index >= 15 is 0 Å². The maximum Gasteiger partial charge on any atom is 0.240 e. The Bertz CT molecular complexity index is 398. The molecule has 6 nitrogen and oxygen atoms in total. The molecule has 0 radical (unpaired) electrons. The van der Waals surface area contributed by atoms with Crippen molar-refractivity contribution in [2.24, 2.45) is 0 Å². The molecular weight excluding hydrogens is 316 g/mol. The quantitative estimate of drug-likeness (QED) is 0.439. The zero-order chi connectivity index (χ0) is 15.4. The van der Waals surface area contributed by atoms with Gasteiger partial charge in [-0.1, -0.05) is 19.3 Å². The Balaban J connectivity index is 1.94. The molecule has 0 spiro atoms. The average molecular weight is 339 g/mol. The molecule has 0 aromatic carbocycles. The van der Waals surface area contributed by atoms with Crippen LogP contribution in [0.5, 0.6) is 0 Å². The summed E-state index contributed by atoms with van der Waals surface area (Å²) in [5.41, 5.74) is 0. The van der Waals surface area contributed by atoms with Crippen LogP contribution in [0.4, 0.5) is 0 Å². The van der Waals surface area contributed by atoms with Crippen LogP contribution in [0.3, 0.4) is 0 Å². The van der Waals surface area contributed by atoms with E-state index in [2.05, 4.69) is 0 Å². The summed E-state index contributed by atoms with van der Waals surface area (Å²) in [6.07, 6.45) is 6.22. The van der Waals surface area contributed by atoms with Gasteiger partial charge in [0.25, 0.3) is 0 Å². The summed E-state index contributed by atoms with van der Waals surface area (Å²) in [5.74, 6) is 0. The number of halogens is 1. The lowest BCUT2D eigenvalue weighted by atomic mass is 9.93. The minimum absolute atomic E-state index is 0.0129. The van der Waals surface area contributed by atoms with Crippen LogP contribution in [-0.2, 0) is 15.4 Å². The van der Waals surface area contributed by atoms with Crippen LogP contribution < -0.4 is 0 Å². The third-order valence-corrected chi connectivity index (χ3v) is 6.16. The summed E-state index contributed by atoms with van der Waals surface area (Å²) >= 11 is 4.63. The fourth-order valence-electron chi connectivity index (χ4n) is 3.19. The van der Waals surface area contributed by atoms with Gasteiger partial charge in [-0.2, -0.15) is 4.31 Å². The molecule has 0 aliphatic heterocycles. The Hall–Kier alpha value is -0.240. The van der Waals surface area contributed by atoms with Crippen molar-refractivity contribution in [2.75, 3.05) is 7.05 Å². The van der Waals surface area contributed by atoms with Gasteiger partial charge in [-0.3, -0.25) is 14.3 Å². The molecule has 8 heteroatoms. The lowest BCUT2D eigenvalue weighted by Gasteiger charge is -2.34. The van der Waals surface area contributed by atoms with Gasteiger partial charge in [-0.05, 0) is 25.7 Å². The molecule has 0 bridgehead atoms. The number of hydrogen-bond acceptors (Lipinski definition) is 4. The van der Waals surface area contributed by atoms with Gasteiger partial charge in [0.1, 0.15) is 6.10 Å². The van der Waals surface area contributed by atoms with Crippen molar-refractivity contribution >= 4 is 22.9 Å². The number of nitrogens with zero attached hydrogens (tertiary/aromatic N) is 2. The summed E-state index contributed by atoms with van der Waals surface area (Å²) in [4.78, 5) is 10.8. The fourth-order valence-corrected chi connectivity index (χ4v) is 4.75. The maximum atomic E-state index is 12.4. The van der Waals surface area contributed by atoms with Crippen LogP contribution in [0.2, 0.25) is 0 Å². The van der Waals surface area contributed by atoms with Crippen LogP contribution in [0, 0.1) is 10.1 Å². The molecule has 122 valence electrons. The molecule has 5 unspecified atom stereocenters. The summed E-state index contributed by atoms with van der Waals surface area (Å²) in [6.45, 7) is 0. The Kier molecular flexibility index (Phi) is 6.40. The number of hydrogen-bond donors (Lipinski definition) is 0. The monoisotopic (exact) mass is 338 g/mol. The number of rotatable bonds is 5. The van der Waals surface area contributed by atoms with E-state index < -0.39 is 23.4 Å². The molecule has 0 saturated heterocycles. The van der Waals surface area contributed by atoms with E-state index in [4.69, 9.17) is 15.8 Å². The van der Waals surface area contributed by atoms with Gasteiger partial charge in [0, 0.05) is 24.4 Å². The van der Waals surface area contributed by atoms with Crippen LogP contribution in [0.25, 0.3) is 0 Å². The van der Waals surface area contributed by atoms with E-state index in [-0.39, 0.29) is 16.3 Å². The summed E-state index contributed by atoms with van der Waals surface area (Å²) in [5, 5.41) is 11.0. The van der Waals surface area contributed by atoms with Crippen molar-refractivity contribution in [1.82, 2.24) is 4.31 Å². The molecule has 0 heterocycles. The Morgan fingerprint density at radius 1 is 1.19 bits per heavy atom. The second kappa shape index (κ2) is 7.85. The van der Waals surface area contributed by atoms with E-state index in [9.17, 15) is 14.3 Å². The Morgan fingerprint density at radius 3 is 2.48 bits per heavy atom. The molecule has 2 fully saturated rings. The van der Waals surface area contributed by atoms with E-state index in [1.165, 1.54) is 0 Å². The summed E-state index contributed by atoms with van der Waals surface area (Å²) < 4.78 is 19.5. The van der Waals surface area contributed by atoms with Gasteiger partial charge >= 0.3 is 0 Å². The highest BCUT2D eigenvalue weighted by molar-refractivity contribution is 7.77. The minimum Gasteiger partial charge on any atom is -0.267 e. The lowest BCUT2D eigenvalue weighted by molar-refractivity contribution is -0.536. The van der Waals surface area contributed by atoms with Crippen molar-refractivity contribution in [3.63, 3.8) is 0 Å². The standard InChI is InChI=1S/C13H23ClN2O4S/c1-15(11-7-3-2-6-10(11)14)21(19)20-13-9-5-4-8-12(13)16(17)18/h10-13H,2-9H2,1H3. The number of alkyl halides is 1. The SMILES string of the molecule is CN(C1CCCCC1Cl)S(=O)OC1CCCCC1[N+](=O)[O-]. The van der Waals surface area contributed by atoms with Crippen LogP contribution >= 0.6 is 11.6 Å². The predicted octanol–water partition coefficient (Wildman–Crippen LogP) is 2.65. The molecule has 5 atom stereocenters. The van der Waals surface area contributed by atoms with Gasteiger partial charge in [0.2, 0.25) is 17.3 Å². The molecule has 0 aromatic rings. The van der Waals surface area contributed by atoms with Crippen molar-refractivity contribution < 1.29 is 13.3 Å². The van der Waals surface area contributed by atoms with Crippen LogP contribution in [0.1, 0.15) is 51.4 Å². The van der Waals surface area contributed by atoms with Crippen molar-refractivity contribution in [2.45, 2.75) is 74.9 Å². The Labute approximate surface area is 133 Å². The average Bonchev–Trinajstić information content (AvgIpc) is 2.47. The highest BCUT2D eigenvalue weighted by atomic mass is 35.5. The van der Waals surface area contributed by atoms with E-state index in [0.717, 1.165) is 38.5 Å². The second-order valence-electron chi connectivity index (χ2n) is 5.90. The zero-order valence-corrected chi connectivity index (χ0v) is 13.9. The highest BCUT2D eigenvalue weighted by Gasteiger charge is 2.38. The van der Waals surface area contributed by atoms with Crippen molar-refractivity contribution in [3.05, 3.63) is 10.1 Å². The zero-order valence-electron chi connectivity index (χ0n) is 12.3. The molecule has 0 N–H and O–H groups in total.